The van der Waals surface area contributed by atoms with Crippen molar-refractivity contribution in [3.63, 3.8) is 0 Å². The third kappa shape index (κ3) is 6.84. The molecule has 2 aromatic rings. The zero-order valence-electron chi connectivity index (χ0n) is 15.9. The molecule has 0 saturated carbocycles. The summed E-state index contributed by atoms with van der Waals surface area (Å²) >= 11 is 0. The van der Waals surface area contributed by atoms with Crippen LogP contribution in [0.3, 0.4) is 0 Å². The van der Waals surface area contributed by atoms with Crippen LogP contribution in [-0.4, -0.2) is 38.0 Å². The second kappa shape index (κ2) is 10.6. The van der Waals surface area contributed by atoms with Gasteiger partial charge in [-0.3, -0.25) is 0 Å². The van der Waals surface area contributed by atoms with Crippen LogP contribution in [0, 0.1) is 5.82 Å². The summed E-state index contributed by atoms with van der Waals surface area (Å²) in [6.45, 7) is 5.14. The molecule has 0 aliphatic heterocycles. The highest BCUT2D eigenvalue weighted by atomic mass is 19.1. The van der Waals surface area contributed by atoms with Gasteiger partial charge in [0.1, 0.15) is 5.82 Å². The van der Waals surface area contributed by atoms with E-state index in [9.17, 15) is 4.39 Å². The fraction of sp³-hybridized carbons (Fsp3) is 0.381. The summed E-state index contributed by atoms with van der Waals surface area (Å²) in [5.41, 5.74) is 3.63. The average molecular weight is 356 g/mol. The van der Waals surface area contributed by atoms with Gasteiger partial charge >= 0.3 is 0 Å². The maximum absolute atomic E-state index is 13.0. The van der Waals surface area contributed by atoms with Crippen molar-refractivity contribution in [3.8, 4) is 0 Å². The van der Waals surface area contributed by atoms with Crippen molar-refractivity contribution < 1.29 is 4.39 Å². The van der Waals surface area contributed by atoms with Gasteiger partial charge in [0, 0.05) is 19.6 Å². The predicted octanol–water partition coefficient (Wildman–Crippen LogP) is 3.19. The predicted molar refractivity (Wildman–Crippen MR) is 107 cm³/mol. The fourth-order valence-electron chi connectivity index (χ4n) is 2.69. The van der Waals surface area contributed by atoms with Crippen LogP contribution >= 0.6 is 0 Å². The van der Waals surface area contributed by atoms with Crippen LogP contribution in [0.5, 0.6) is 0 Å². The molecule has 4 nitrogen and oxygen atoms in total. The van der Waals surface area contributed by atoms with Crippen molar-refractivity contribution in [2.75, 3.05) is 27.2 Å². The molecule has 26 heavy (non-hydrogen) atoms. The Kier molecular flexibility index (Phi) is 8.09. The minimum atomic E-state index is -0.201. The summed E-state index contributed by atoms with van der Waals surface area (Å²) in [6, 6.07) is 15.0. The molecule has 5 heteroatoms. The van der Waals surface area contributed by atoms with Gasteiger partial charge in [-0.25, -0.2) is 9.38 Å². The lowest BCUT2D eigenvalue weighted by atomic mass is 10.1. The molecule has 0 amide bonds. The molecule has 2 rings (SSSR count). The number of hydrogen-bond acceptors (Lipinski definition) is 2. The summed E-state index contributed by atoms with van der Waals surface area (Å²) in [4.78, 5) is 6.87. The molecule has 140 valence electrons. The monoisotopic (exact) mass is 356 g/mol. The highest BCUT2D eigenvalue weighted by Gasteiger charge is 2.04. The molecule has 0 aliphatic carbocycles. The summed E-state index contributed by atoms with van der Waals surface area (Å²) in [6.07, 6.45) is 0.821. The van der Waals surface area contributed by atoms with Gasteiger partial charge in [-0.2, -0.15) is 0 Å². The Morgan fingerprint density at radius 2 is 1.69 bits per heavy atom. The van der Waals surface area contributed by atoms with Crippen LogP contribution in [0.15, 0.2) is 53.5 Å². The van der Waals surface area contributed by atoms with E-state index in [0.29, 0.717) is 6.54 Å². The SMILES string of the molecule is CCNC(=NCc1ccccc1CN(C)C)NCCc1ccc(F)cc1. The lowest BCUT2D eigenvalue weighted by molar-refractivity contribution is 0.401. The molecule has 0 fully saturated rings. The third-order valence-electron chi connectivity index (χ3n) is 3.98. The van der Waals surface area contributed by atoms with E-state index >= 15 is 0 Å². The Labute approximate surface area is 156 Å². The second-order valence-electron chi connectivity index (χ2n) is 6.50. The van der Waals surface area contributed by atoms with E-state index in [1.54, 1.807) is 0 Å². The summed E-state index contributed by atoms with van der Waals surface area (Å²) in [5.74, 6) is 0.599. The Balaban J connectivity index is 1.94. The summed E-state index contributed by atoms with van der Waals surface area (Å²) in [7, 11) is 4.14. The molecule has 0 saturated heterocycles. The van der Waals surface area contributed by atoms with Crippen molar-refractivity contribution in [2.24, 2.45) is 4.99 Å². The summed E-state index contributed by atoms with van der Waals surface area (Å²) in [5, 5.41) is 6.63. The molecule has 0 heterocycles. The first-order chi connectivity index (χ1) is 12.6. The zero-order chi connectivity index (χ0) is 18.8. The van der Waals surface area contributed by atoms with E-state index in [2.05, 4.69) is 60.8 Å². The van der Waals surface area contributed by atoms with Crippen LogP contribution in [-0.2, 0) is 19.5 Å². The maximum atomic E-state index is 13.0. The van der Waals surface area contributed by atoms with Gasteiger partial charge in [0.25, 0.3) is 0 Å². The molecular formula is C21H29FN4. The van der Waals surface area contributed by atoms with Gasteiger partial charge in [0.15, 0.2) is 5.96 Å². The zero-order valence-corrected chi connectivity index (χ0v) is 15.9. The van der Waals surface area contributed by atoms with Gasteiger partial charge in [-0.05, 0) is 56.3 Å². The maximum Gasteiger partial charge on any atom is 0.191 e. The van der Waals surface area contributed by atoms with Gasteiger partial charge in [-0.15, -0.1) is 0 Å². The molecule has 0 radical (unpaired) electrons. The van der Waals surface area contributed by atoms with E-state index < -0.39 is 0 Å². The largest absolute Gasteiger partial charge is 0.357 e. The van der Waals surface area contributed by atoms with Crippen LogP contribution in [0.1, 0.15) is 23.6 Å². The van der Waals surface area contributed by atoms with E-state index in [1.165, 1.54) is 23.3 Å². The Hall–Kier alpha value is -2.40. The molecule has 0 unspecified atom stereocenters. The van der Waals surface area contributed by atoms with Crippen molar-refractivity contribution >= 4 is 5.96 Å². The topological polar surface area (TPSA) is 39.7 Å². The van der Waals surface area contributed by atoms with Gasteiger partial charge in [0.05, 0.1) is 6.54 Å². The van der Waals surface area contributed by atoms with Crippen molar-refractivity contribution in [3.05, 3.63) is 71.0 Å². The first-order valence-corrected chi connectivity index (χ1v) is 9.06. The molecular weight excluding hydrogens is 327 g/mol. The third-order valence-corrected chi connectivity index (χ3v) is 3.98. The lowest BCUT2D eigenvalue weighted by Crippen LogP contribution is -2.38. The minimum Gasteiger partial charge on any atom is -0.357 e. The van der Waals surface area contributed by atoms with E-state index in [-0.39, 0.29) is 5.82 Å². The quantitative estimate of drug-likeness (QED) is 0.564. The number of rotatable bonds is 8. The first kappa shape index (κ1) is 19.9. The van der Waals surface area contributed by atoms with Crippen LogP contribution in [0.4, 0.5) is 4.39 Å². The minimum absolute atomic E-state index is 0.201. The highest BCUT2D eigenvalue weighted by Crippen LogP contribution is 2.11. The first-order valence-electron chi connectivity index (χ1n) is 9.06. The normalized spacial score (nSPS) is 11.7. The number of guanidine groups is 1. The number of halogens is 1. The van der Waals surface area contributed by atoms with Gasteiger partial charge in [-0.1, -0.05) is 36.4 Å². The van der Waals surface area contributed by atoms with Gasteiger partial charge in [0.2, 0.25) is 0 Å². The molecule has 0 spiro atoms. The average Bonchev–Trinajstić information content (AvgIpc) is 2.62. The van der Waals surface area contributed by atoms with Crippen LogP contribution < -0.4 is 10.6 Å². The second-order valence-corrected chi connectivity index (χ2v) is 6.50. The number of nitrogens with zero attached hydrogens (tertiary/aromatic N) is 2. The fourth-order valence-corrected chi connectivity index (χ4v) is 2.69. The van der Waals surface area contributed by atoms with Gasteiger partial charge < -0.3 is 15.5 Å². The highest BCUT2D eigenvalue weighted by molar-refractivity contribution is 5.79. The number of benzene rings is 2. The molecule has 2 aromatic carbocycles. The Morgan fingerprint density at radius 1 is 1.00 bits per heavy atom. The summed E-state index contributed by atoms with van der Waals surface area (Å²) < 4.78 is 13.0. The van der Waals surface area contributed by atoms with Crippen LogP contribution in [0.25, 0.3) is 0 Å². The van der Waals surface area contributed by atoms with Crippen LogP contribution in [0.2, 0.25) is 0 Å². The molecule has 0 atom stereocenters. The number of nitrogens with one attached hydrogen (secondary N) is 2. The molecule has 0 bridgehead atoms. The lowest BCUT2D eigenvalue weighted by Gasteiger charge is -2.14. The Morgan fingerprint density at radius 3 is 2.35 bits per heavy atom. The number of aliphatic imine (C=N–C) groups is 1. The van der Waals surface area contributed by atoms with Crippen molar-refractivity contribution in [1.29, 1.82) is 0 Å². The molecule has 0 aromatic heterocycles. The van der Waals surface area contributed by atoms with E-state index in [1.807, 2.05) is 12.1 Å². The smallest absolute Gasteiger partial charge is 0.191 e. The number of hydrogen-bond donors (Lipinski definition) is 2. The van der Waals surface area contributed by atoms with Crippen molar-refractivity contribution in [1.82, 2.24) is 15.5 Å². The Bertz CT molecular complexity index is 695. The standard InChI is InChI=1S/C21H29FN4/c1-4-23-21(24-14-13-17-9-11-20(22)12-10-17)25-15-18-7-5-6-8-19(18)16-26(2)3/h5-12H,4,13-16H2,1-3H3,(H2,23,24,25). The molecule has 2 N–H and O–H groups in total. The molecule has 0 aliphatic rings. The van der Waals surface area contributed by atoms with E-state index in [4.69, 9.17) is 4.99 Å². The van der Waals surface area contributed by atoms with Crippen molar-refractivity contribution in [2.45, 2.75) is 26.4 Å². The van der Waals surface area contributed by atoms with E-state index in [0.717, 1.165) is 37.6 Å².